The van der Waals surface area contributed by atoms with Crippen LogP contribution in [0.15, 0.2) is 78.4 Å². The highest BCUT2D eigenvalue weighted by Gasteiger charge is 2.06. The van der Waals surface area contributed by atoms with Crippen LogP contribution < -0.4 is 10.9 Å². The molecule has 0 spiro atoms. The van der Waals surface area contributed by atoms with Gasteiger partial charge in [-0.15, -0.1) is 0 Å². The second kappa shape index (κ2) is 8.52. The molecule has 146 valence electrons. The Morgan fingerprint density at radius 2 is 1.79 bits per heavy atom. The van der Waals surface area contributed by atoms with Crippen molar-refractivity contribution < 1.29 is 4.79 Å². The molecule has 29 heavy (non-hydrogen) atoms. The summed E-state index contributed by atoms with van der Waals surface area (Å²) in [4.78, 5) is 32.9. The molecule has 2 aromatic heterocycles. The molecule has 1 amide bonds. The maximum absolute atomic E-state index is 12.5. The molecule has 0 aliphatic rings. The van der Waals surface area contributed by atoms with Gasteiger partial charge in [-0.05, 0) is 23.3 Å². The monoisotopic (exact) mass is 387 g/mol. The van der Waals surface area contributed by atoms with Crippen LogP contribution in [-0.2, 0) is 24.4 Å². The molecule has 0 saturated heterocycles. The summed E-state index contributed by atoms with van der Waals surface area (Å²) in [5.41, 5.74) is 2.73. The summed E-state index contributed by atoms with van der Waals surface area (Å²) in [5.74, 6) is -0.104. The first kappa shape index (κ1) is 18.6. The maximum Gasteiger partial charge on any atom is 0.261 e. The summed E-state index contributed by atoms with van der Waals surface area (Å²) in [7, 11) is 0. The second-order valence-electron chi connectivity index (χ2n) is 6.84. The Balaban J connectivity index is 1.29. The number of hydrogen-bond donors (Lipinski definition) is 1. The molecule has 4 aromatic rings. The van der Waals surface area contributed by atoms with Gasteiger partial charge in [-0.1, -0.05) is 36.4 Å². The Kier molecular flexibility index (Phi) is 5.47. The second-order valence-corrected chi connectivity index (χ2v) is 6.84. The number of fused-ring (bicyclic) bond motifs is 1. The van der Waals surface area contributed by atoms with E-state index < -0.39 is 0 Å². The quantitative estimate of drug-likeness (QED) is 0.528. The number of benzene rings is 2. The number of para-hydroxylation sites is 1. The van der Waals surface area contributed by atoms with Crippen molar-refractivity contribution in [2.45, 2.75) is 26.1 Å². The largest absolute Gasteiger partial charge is 0.352 e. The van der Waals surface area contributed by atoms with Crippen molar-refractivity contribution in [2.24, 2.45) is 0 Å². The minimum atomic E-state index is -0.128. The third kappa shape index (κ3) is 4.57. The van der Waals surface area contributed by atoms with Crippen molar-refractivity contribution >= 4 is 16.8 Å². The van der Waals surface area contributed by atoms with Gasteiger partial charge >= 0.3 is 0 Å². The molecule has 2 heterocycles. The van der Waals surface area contributed by atoms with Crippen molar-refractivity contribution in [3.63, 3.8) is 0 Å². The number of carbonyl (C=O) groups excluding carboxylic acids is 1. The zero-order valence-corrected chi connectivity index (χ0v) is 15.9. The molecule has 0 saturated carbocycles. The smallest absolute Gasteiger partial charge is 0.261 e. The van der Waals surface area contributed by atoms with Crippen LogP contribution in [0, 0.1) is 0 Å². The van der Waals surface area contributed by atoms with Gasteiger partial charge in [-0.3, -0.25) is 14.2 Å². The van der Waals surface area contributed by atoms with Crippen molar-refractivity contribution in [3.05, 3.63) is 95.1 Å². The Morgan fingerprint density at radius 3 is 2.59 bits per heavy atom. The first-order chi connectivity index (χ1) is 14.2. The van der Waals surface area contributed by atoms with E-state index in [1.54, 1.807) is 24.7 Å². The summed E-state index contributed by atoms with van der Waals surface area (Å²) in [6.45, 7) is 1.52. The van der Waals surface area contributed by atoms with E-state index in [1.165, 1.54) is 16.5 Å². The van der Waals surface area contributed by atoms with Crippen LogP contribution in [0.5, 0.6) is 0 Å². The van der Waals surface area contributed by atoms with Crippen LogP contribution >= 0.6 is 0 Å². The lowest BCUT2D eigenvalue weighted by Gasteiger charge is -2.09. The molecule has 7 heteroatoms. The van der Waals surface area contributed by atoms with E-state index in [1.807, 2.05) is 47.2 Å². The standard InChI is InChI=1S/C22H21N5O2/c28-21(9-11-27-16-25-20-4-2-1-3-19(20)22(27)29)24-13-17-5-7-18(8-6-17)14-26-12-10-23-15-26/h1-8,10,12,15-16H,9,11,13-14H2,(H,24,28). The van der Waals surface area contributed by atoms with Crippen molar-refractivity contribution in [1.29, 1.82) is 0 Å². The average molecular weight is 387 g/mol. The minimum Gasteiger partial charge on any atom is -0.352 e. The van der Waals surface area contributed by atoms with Gasteiger partial charge in [0, 0.05) is 38.4 Å². The number of amides is 1. The van der Waals surface area contributed by atoms with Gasteiger partial charge in [-0.25, -0.2) is 9.97 Å². The molecule has 0 fully saturated rings. The normalized spacial score (nSPS) is 10.9. The molecule has 0 bridgehead atoms. The zero-order chi connectivity index (χ0) is 20.1. The van der Waals surface area contributed by atoms with Gasteiger partial charge in [0.2, 0.25) is 5.91 Å². The molecular formula is C22H21N5O2. The van der Waals surface area contributed by atoms with E-state index in [9.17, 15) is 9.59 Å². The molecule has 4 rings (SSSR count). The van der Waals surface area contributed by atoms with E-state index in [2.05, 4.69) is 15.3 Å². The molecule has 0 aliphatic carbocycles. The van der Waals surface area contributed by atoms with Gasteiger partial charge in [-0.2, -0.15) is 0 Å². The average Bonchev–Trinajstić information content (AvgIpc) is 3.26. The highest BCUT2D eigenvalue weighted by molar-refractivity contribution is 5.77. The zero-order valence-electron chi connectivity index (χ0n) is 15.9. The first-order valence-electron chi connectivity index (χ1n) is 9.43. The summed E-state index contributed by atoms with van der Waals surface area (Å²) < 4.78 is 3.48. The third-order valence-electron chi connectivity index (χ3n) is 4.75. The number of aromatic nitrogens is 4. The fraction of sp³-hybridized carbons (Fsp3) is 0.182. The predicted molar refractivity (Wildman–Crippen MR) is 110 cm³/mol. The summed E-state index contributed by atoms with van der Waals surface area (Å²) >= 11 is 0. The number of nitrogens with one attached hydrogen (secondary N) is 1. The SMILES string of the molecule is O=C(CCn1cnc2ccccc2c1=O)NCc1ccc(Cn2ccnc2)cc1. The summed E-state index contributed by atoms with van der Waals surface area (Å²) in [6.07, 6.45) is 7.18. The number of aryl methyl sites for hydroxylation is 1. The van der Waals surface area contributed by atoms with Crippen LogP contribution in [0.25, 0.3) is 10.9 Å². The third-order valence-corrected chi connectivity index (χ3v) is 4.75. The van der Waals surface area contributed by atoms with Gasteiger partial charge in [0.15, 0.2) is 0 Å². The fourth-order valence-electron chi connectivity index (χ4n) is 3.13. The molecule has 7 nitrogen and oxygen atoms in total. The summed E-state index contributed by atoms with van der Waals surface area (Å²) in [6, 6.07) is 15.3. The Hall–Kier alpha value is -3.74. The van der Waals surface area contributed by atoms with Crippen LogP contribution in [-0.4, -0.2) is 25.0 Å². The Morgan fingerprint density at radius 1 is 1.00 bits per heavy atom. The highest BCUT2D eigenvalue weighted by atomic mass is 16.1. The molecular weight excluding hydrogens is 366 g/mol. The Bertz CT molecular complexity index is 1160. The topological polar surface area (TPSA) is 81.8 Å². The van der Waals surface area contributed by atoms with Crippen LogP contribution in [0.1, 0.15) is 17.5 Å². The first-order valence-corrected chi connectivity index (χ1v) is 9.43. The number of imidazole rings is 1. The number of nitrogens with zero attached hydrogens (tertiary/aromatic N) is 4. The lowest BCUT2D eigenvalue weighted by molar-refractivity contribution is -0.121. The molecule has 0 atom stereocenters. The van der Waals surface area contributed by atoms with E-state index >= 15 is 0 Å². The van der Waals surface area contributed by atoms with E-state index in [4.69, 9.17) is 0 Å². The molecule has 2 aromatic carbocycles. The lowest BCUT2D eigenvalue weighted by Crippen LogP contribution is -2.27. The van der Waals surface area contributed by atoms with Gasteiger partial charge < -0.3 is 9.88 Å². The fourth-order valence-corrected chi connectivity index (χ4v) is 3.13. The van der Waals surface area contributed by atoms with Gasteiger partial charge in [0.05, 0.1) is 23.6 Å². The Labute approximate surface area is 167 Å². The number of hydrogen-bond acceptors (Lipinski definition) is 4. The van der Waals surface area contributed by atoms with E-state index in [-0.39, 0.29) is 17.9 Å². The van der Waals surface area contributed by atoms with Crippen molar-refractivity contribution in [2.75, 3.05) is 0 Å². The lowest BCUT2D eigenvalue weighted by atomic mass is 10.1. The molecule has 0 unspecified atom stereocenters. The van der Waals surface area contributed by atoms with Crippen molar-refractivity contribution in [1.82, 2.24) is 24.4 Å². The van der Waals surface area contributed by atoms with Crippen LogP contribution in [0.4, 0.5) is 0 Å². The molecule has 0 radical (unpaired) electrons. The highest BCUT2D eigenvalue weighted by Crippen LogP contribution is 2.07. The van der Waals surface area contributed by atoms with E-state index in [0.29, 0.717) is 24.0 Å². The minimum absolute atomic E-state index is 0.104. The summed E-state index contributed by atoms with van der Waals surface area (Å²) in [5, 5.41) is 3.46. The van der Waals surface area contributed by atoms with Gasteiger partial charge in [0.25, 0.3) is 5.56 Å². The number of carbonyl (C=O) groups is 1. The number of rotatable bonds is 7. The molecule has 1 N–H and O–H groups in total. The van der Waals surface area contributed by atoms with Crippen LogP contribution in [0.2, 0.25) is 0 Å². The van der Waals surface area contributed by atoms with Crippen molar-refractivity contribution in [3.8, 4) is 0 Å². The predicted octanol–water partition coefficient (Wildman–Crippen LogP) is 2.35. The maximum atomic E-state index is 12.5. The van der Waals surface area contributed by atoms with Gasteiger partial charge in [0.1, 0.15) is 0 Å². The van der Waals surface area contributed by atoms with Crippen LogP contribution in [0.3, 0.4) is 0 Å². The van der Waals surface area contributed by atoms with E-state index in [0.717, 1.165) is 12.1 Å². The molecule has 0 aliphatic heterocycles.